The zero-order chi connectivity index (χ0) is 11.5. The fourth-order valence-electron chi connectivity index (χ4n) is 1.32. The van der Waals surface area contributed by atoms with Gasteiger partial charge in [0.25, 0.3) is 5.89 Å². The van der Waals surface area contributed by atoms with Gasteiger partial charge in [-0.1, -0.05) is 23.7 Å². The Bertz CT molecular complexity index is 466. The molecule has 0 aliphatic rings. The van der Waals surface area contributed by atoms with E-state index in [0.717, 1.165) is 12.8 Å². The highest BCUT2D eigenvalue weighted by molar-refractivity contribution is 6.20. The van der Waals surface area contributed by atoms with E-state index >= 15 is 0 Å². The maximum absolute atomic E-state index is 6.08. The molecular weight excluding hydrogens is 230 g/mol. The van der Waals surface area contributed by atoms with Crippen LogP contribution in [0.2, 0.25) is 0 Å². The van der Waals surface area contributed by atoms with E-state index in [-0.39, 0.29) is 5.38 Å². The van der Waals surface area contributed by atoms with Crippen LogP contribution in [0.4, 0.5) is 0 Å². The smallest absolute Gasteiger partial charge is 0.280 e. The van der Waals surface area contributed by atoms with Crippen molar-refractivity contribution in [3.05, 3.63) is 17.7 Å². The van der Waals surface area contributed by atoms with Crippen molar-refractivity contribution in [1.82, 2.24) is 15.3 Å². The number of aryl methyl sites for hydroxylation is 1. The Balaban J connectivity index is 2.19. The zero-order valence-electron chi connectivity index (χ0n) is 9.11. The van der Waals surface area contributed by atoms with Gasteiger partial charge in [-0.15, -0.1) is 11.6 Å². The van der Waals surface area contributed by atoms with Gasteiger partial charge in [-0.05, 0) is 13.3 Å². The monoisotopic (exact) mass is 241 g/mol. The van der Waals surface area contributed by atoms with E-state index in [1.165, 1.54) is 0 Å². The van der Waals surface area contributed by atoms with Crippen LogP contribution in [0.3, 0.4) is 0 Å². The molecule has 0 spiro atoms. The summed E-state index contributed by atoms with van der Waals surface area (Å²) >= 11 is 6.08. The second-order valence-electron chi connectivity index (χ2n) is 3.54. The number of rotatable bonds is 4. The van der Waals surface area contributed by atoms with E-state index in [4.69, 9.17) is 20.6 Å². The lowest BCUT2D eigenvalue weighted by molar-refractivity contribution is 0.388. The van der Waals surface area contributed by atoms with Crippen molar-refractivity contribution < 1.29 is 9.05 Å². The molecule has 0 saturated heterocycles. The molecule has 16 heavy (non-hydrogen) atoms. The molecule has 0 fully saturated rings. The molecule has 0 radical (unpaired) electrons. The molecule has 0 bridgehead atoms. The Morgan fingerprint density at radius 1 is 1.38 bits per heavy atom. The summed E-state index contributed by atoms with van der Waals surface area (Å²) in [6.45, 7) is 3.85. The second kappa shape index (κ2) is 4.65. The van der Waals surface area contributed by atoms with Gasteiger partial charge in [0.2, 0.25) is 0 Å². The fourth-order valence-corrected chi connectivity index (χ4v) is 1.62. The summed E-state index contributed by atoms with van der Waals surface area (Å²) < 4.78 is 9.99. The highest BCUT2D eigenvalue weighted by atomic mass is 35.5. The van der Waals surface area contributed by atoms with Crippen molar-refractivity contribution in [1.29, 1.82) is 0 Å². The van der Waals surface area contributed by atoms with Crippen molar-refractivity contribution >= 4 is 11.6 Å². The van der Waals surface area contributed by atoms with Crippen LogP contribution >= 0.6 is 11.6 Å². The van der Waals surface area contributed by atoms with Gasteiger partial charge in [0.1, 0.15) is 5.76 Å². The quantitative estimate of drug-likeness (QED) is 0.770. The first-order valence-electron chi connectivity index (χ1n) is 5.12. The summed E-state index contributed by atoms with van der Waals surface area (Å²) in [5.41, 5.74) is 0.539. The highest BCUT2D eigenvalue weighted by Crippen LogP contribution is 2.25. The van der Waals surface area contributed by atoms with Crippen LogP contribution in [-0.2, 0) is 0 Å². The van der Waals surface area contributed by atoms with Crippen LogP contribution in [0, 0.1) is 6.92 Å². The molecule has 0 aliphatic carbocycles. The van der Waals surface area contributed by atoms with Gasteiger partial charge < -0.3 is 9.05 Å². The molecule has 1 atom stereocenters. The van der Waals surface area contributed by atoms with Crippen LogP contribution in [-0.4, -0.2) is 15.3 Å². The van der Waals surface area contributed by atoms with Gasteiger partial charge in [-0.3, -0.25) is 0 Å². The molecule has 0 N–H and O–H groups in total. The third kappa shape index (κ3) is 2.24. The van der Waals surface area contributed by atoms with Crippen LogP contribution in [0.5, 0.6) is 0 Å². The van der Waals surface area contributed by atoms with Crippen molar-refractivity contribution in [2.45, 2.75) is 32.1 Å². The topological polar surface area (TPSA) is 65.0 Å². The van der Waals surface area contributed by atoms with E-state index in [9.17, 15) is 0 Å². The van der Waals surface area contributed by atoms with Gasteiger partial charge in [-0.2, -0.15) is 4.98 Å². The Kier molecular flexibility index (Phi) is 3.24. The lowest BCUT2D eigenvalue weighted by Gasteiger charge is -1.99. The Morgan fingerprint density at radius 2 is 2.19 bits per heavy atom. The molecule has 1 unspecified atom stereocenters. The lowest BCUT2D eigenvalue weighted by atomic mass is 10.2. The summed E-state index contributed by atoms with van der Waals surface area (Å²) in [7, 11) is 0. The highest BCUT2D eigenvalue weighted by Gasteiger charge is 2.17. The summed E-state index contributed by atoms with van der Waals surface area (Å²) in [6, 6.07) is 1.74. The SMILES string of the molecule is CCCC(Cl)c1noc(-c2cc(C)on2)n1. The fraction of sp³-hybridized carbons (Fsp3) is 0.500. The van der Waals surface area contributed by atoms with Crippen LogP contribution < -0.4 is 0 Å². The molecule has 0 amide bonds. The van der Waals surface area contributed by atoms with Gasteiger partial charge in [0.15, 0.2) is 11.5 Å². The van der Waals surface area contributed by atoms with E-state index in [1.54, 1.807) is 13.0 Å². The normalized spacial score (nSPS) is 12.9. The van der Waals surface area contributed by atoms with Crippen LogP contribution in [0.1, 0.15) is 36.7 Å². The molecule has 5 nitrogen and oxygen atoms in total. The van der Waals surface area contributed by atoms with Crippen molar-refractivity contribution in [2.24, 2.45) is 0 Å². The second-order valence-corrected chi connectivity index (χ2v) is 4.06. The summed E-state index contributed by atoms with van der Waals surface area (Å²) in [6.07, 6.45) is 1.79. The molecular formula is C10H12ClN3O2. The molecule has 0 saturated carbocycles. The van der Waals surface area contributed by atoms with Gasteiger partial charge in [-0.25, -0.2) is 0 Å². The average Bonchev–Trinajstić information content (AvgIpc) is 2.85. The molecule has 2 aromatic rings. The predicted octanol–water partition coefficient (Wildman–Crippen LogP) is 3.11. The summed E-state index contributed by atoms with van der Waals surface area (Å²) in [5, 5.41) is 7.40. The first-order chi connectivity index (χ1) is 7.70. The van der Waals surface area contributed by atoms with Gasteiger partial charge in [0.05, 0.1) is 5.38 Å². The number of alkyl halides is 1. The summed E-state index contributed by atoms with van der Waals surface area (Å²) in [4.78, 5) is 4.18. The first kappa shape index (κ1) is 11.1. The van der Waals surface area contributed by atoms with Crippen LogP contribution in [0.25, 0.3) is 11.6 Å². The molecule has 0 aromatic carbocycles. The third-order valence-electron chi connectivity index (χ3n) is 2.11. The Hall–Kier alpha value is -1.36. The van der Waals surface area contributed by atoms with Gasteiger partial charge >= 0.3 is 0 Å². The average molecular weight is 242 g/mol. The molecule has 2 aromatic heterocycles. The number of hydrogen-bond donors (Lipinski definition) is 0. The van der Waals surface area contributed by atoms with E-state index < -0.39 is 0 Å². The standard InChI is InChI=1S/C10H12ClN3O2/c1-3-4-7(11)9-12-10(16-14-9)8-5-6(2)15-13-8/h5,7H,3-4H2,1-2H3. The van der Waals surface area contributed by atoms with Crippen molar-refractivity contribution in [2.75, 3.05) is 0 Å². The largest absolute Gasteiger partial charge is 0.361 e. The van der Waals surface area contributed by atoms with Gasteiger partial charge in [0, 0.05) is 6.07 Å². The molecule has 6 heteroatoms. The summed E-state index contributed by atoms with van der Waals surface area (Å²) in [5.74, 6) is 1.54. The maximum Gasteiger partial charge on any atom is 0.280 e. The van der Waals surface area contributed by atoms with E-state index in [1.807, 2.05) is 0 Å². The number of hydrogen-bond acceptors (Lipinski definition) is 5. The van der Waals surface area contributed by atoms with Crippen molar-refractivity contribution in [3.63, 3.8) is 0 Å². The van der Waals surface area contributed by atoms with Crippen LogP contribution in [0.15, 0.2) is 15.1 Å². The minimum absolute atomic E-state index is 0.213. The minimum Gasteiger partial charge on any atom is -0.361 e. The first-order valence-corrected chi connectivity index (χ1v) is 5.55. The number of aromatic nitrogens is 3. The lowest BCUT2D eigenvalue weighted by Crippen LogP contribution is -1.92. The Morgan fingerprint density at radius 3 is 2.81 bits per heavy atom. The molecule has 86 valence electrons. The number of halogens is 1. The molecule has 2 rings (SSSR count). The number of nitrogens with zero attached hydrogens (tertiary/aromatic N) is 3. The minimum atomic E-state index is -0.213. The van der Waals surface area contributed by atoms with E-state index in [2.05, 4.69) is 22.2 Å². The predicted molar refractivity (Wildman–Crippen MR) is 58.0 cm³/mol. The maximum atomic E-state index is 6.08. The van der Waals surface area contributed by atoms with Crippen molar-refractivity contribution in [3.8, 4) is 11.6 Å². The zero-order valence-corrected chi connectivity index (χ0v) is 9.86. The third-order valence-corrected chi connectivity index (χ3v) is 2.52. The Labute approximate surface area is 97.8 Å². The molecule has 0 aliphatic heterocycles. The van der Waals surface area contributed by atoms with E-state index in [0.29, 0.717) is 23.2 Å². The molecule has 2 heterocycles.